The Hall–Kier alpha value is -1.73. The number of amides is 1. The van der Waals surface area contributed by atoms with Crippen LogP contribution in [0.15, 0.2) is 21.3 Å². The van der Waals surface area contributed by atoms with Crippen molar-refractivity contribution in [1.82, 2.24) is 15.0 Å². The van der Waals surface area contributed by atoms with Gasteiger partial charge in [-0.15, -0.1) is 0 Å². The lowest BCUT2D eigenvalue weighted by Gasteiger charge is -2.14. The summed E-state index contributed by atoms with van der Waals surface area (Å²) >= 11 is 1.54. The van der Waals surface area contributed by atoms with E-state index in [1.165, 1.54) is 25.7 Å². The van der Waals surface area contributed by atoms with E-state index in [0.717, 1.165) is 31.1 Å². The van der Waals surface area contributed by atoms with Crippen LogP contribution in [0.2, 0.25) is 0 Å². The quantitative estimate of drug-likeness (QED) is 0.693. The van der Waals surface area contributed by atoms with Crippen LogP contribution in [0.3, 0.4) is 0 Å². The Morgan fingerprint density at radius 1 is 1.35 bits per heavy atom. The van der Waals surface area contributed by atoms with Crippen LogP contribution in [0.1, 0.15) is 60.1 Å². The van der Waals surface area contributed by atoms with Crippen LogP contribution in [-0.2, 0) is 11.2 Å². The van der Waals surface area contributed by atoms with E-state index in [4.69, 9.17) is 9.26 Å². The molecule has 6 nitrogen and oxygen atoms in total. The van der Waals surface area contributed by atoms with Crippen LogP contribution < -0.4 is 0 Å². The zero-order valence-electron chi connectivity index (χ0n) is 14.9. The van der Waals surface area contributed by atoms with E-state index in [1.807, 2.05) is 21.7 Å². The summed E-state index contributed by atoms with van der Waals surface area (Å²) in [7, 11) is 0. The van der Waals surface area contributed by atoms with Gasteiger partial charge in [-0.1, -0.05) is 18.0 Å². The van der Waals surface area contributed by atoms with Gasteiger partial charge in [-0.3, -0.25) is 4.79 Å². The van der Waals surface area contributed by atoms with Gasteiger partial charge in [0, 0.05) is 31.5 Å². The van der Waals surface area contributed by atoms with Gasteiger partial charge < -0.3 is 14.2 Å². The molecule has 140 valence electrons. The summed E-state index contributed by atoms with van der Waals surface area (Å²) in [5.74, 6) is 2.32. The van der Waals surface area contributed by atoms with Crippen molar-refractivity contribution in [2.24, 2.45) is 5.92 Å². The van der Waals surface area contributed by atoms with E-state index in [2.05, 4.69) is 10.1 Å². The summed E-state index contributed by atoms with van der Waals surface area (Å²) < 4.78 is 11.2. The molecule has 0 N–H and O–H groups in total. The van der Waals surface area contributed by atoms with Crippen LogP contribution in [0.25, 0.3) is 0 Å². The first kappa shape index (κ1) is 17.7. The molecule has 0 radical (unpaired) electrons. The van der Waals surface area contributed by atoms with Crippen molar-refractivity contribution in [2.75, 3.05) is 26.3 Å². The lowest BCUT2D eigenvalue weighted by molar-refractivity contribution is 0.0790. The smallest absolute Gasteiger partial charge is 0.254 e. The third kappa shape index (κ3) is 4.15. The molecular formula is C19H25N3O3S. The predicted molar refractivity (Wildman–Crippen MR) is 98.4 cm³/mol. The minimum atomic E-state index is 0.0915. The van der Waals surface area contributed by atoms with E-state index < -0.39 is 0 Å². The van der Waals surface area contributed by atoms with E-state index >= 15 is 0 Å². The lowest BCUT2D eigenvalue weighted by atomic mass is 10.1. The number of nitrogens with zero attached hydrogens (tertiary/aromatic N) is 3. The first-order chi connectivity index (χ1) is 12.8. The molecular weight excluding hydrogens is 350 g/mol. The molecule has 1 saturated heterocycles. The molecule has 1 amide bonds. The highest BCUT2D eigenvalue weighted by molar-refractivity contribution is 7.08. The Morgan fingerprint density at radius 3 is 3.04 bits per heavy atom. The standard InChI is InChI=1S/C19H25N3O3S/c23-19(16-7-10-26-13-16)22-8-5-15(11-22)18-20-17(21-25-18)6-9-24-12-14-3-1-2-4-14/h7,10,13-15H,1-6,8-9,11-12H2. The molecule has 2 aromatic rings. The van der Waals surface area contributed by atoms with Crippen LogP contribution in [0, 0.1) is 5.92 Å². The lowest BCUT2D eigenvalue weighted by Crippen LogP contribution is -2.28. The maximum Gasteiger partial charge on any atom is 0.254 e. The molecule has 0 aromatic carbocycles. The van der Waals surface area contributed by atoms with Crippen LogP contribution in [0.4, 0.5) is 0 Å². The second kappa shape index (κ2) is 8.31. The molecule has 1 saturated carbocycles. The number of rotatable bonds is 7. The molecule has 3 heterocycles. The van der Waals surface area contributed by atoms with Gasteiger partial charge >= 0.3 is 0 Å². The molecule has 2 aliphatic rings. The summed E-state index contributed by atoms with van der Waals surface area (Å²) in [5, 5.41) is 7.91. The third-order valence-electron chi connectivity index (χ3n) is 5.37. The number of carbonyl (C=O) groups excluding carboxylic acids is 1. The van der Waals surface area contributed by atoms with Crippen molar-refractivity contribution >= 4 is 17.2 Å². The fourth-order valence-corrected chi connectivity index (χ4v) is 4.47. The maximum atomic E-state index is 12.4. The van der Waals surface area contributed by atoms with Crippen molar-refractivity contribution in [2.45, 2.75) is 44.4 Å². The summed E-state index contributed by atoms with van der Waals surface area (Å²) in [5.41, 5.74) is 0.765. The van der Waals surface area contributed by atoms with E-state index in [-0.39, 0.29) is 11.8 Å². The number of aromatic nitrogens is 2. The minimum Gasteiger partial charge on any atom is -0.381 e. The van der Waals surface area contributed by atoms with Gasteiger partial charge in [-0.2, -0.15) is 16.3 Å². The monoisotopic (exact) mass is 375 g/mol. The average Bonchev–Trinajstić information content (AvgIpc) is 3.45. The molecule has 1 aliphatic heterocycles. The normalized spacial score (nSPS) is 20.9. The number of hydrogen-bond acceptors (Lipinski definition) is 6. The summed E-state index contributed by atoms with van der Waals surface area (Å²) in [4.78, 5) is 18.8. The Bertz CT molecular complexity index is 709. The number of likely N-dealkylation sites (tertiary alicyclic amines) is 1. The molecule has 7 heteroatoms. The fourth-order valence-electron chi connectivity index (χ4n) is 3.84. The van der Waals surface area contributed by atoms with Gasteiger partial charge in [-0.25, -0.2) is 0 Å². The predicted octanol–water partition coefficient (Wildman–Crippen LogP) is 3.51. The zero-order valence-corrected chi connectivity index (χ0v) is 15.7. The molecule has 1 aliphatic carbocycles. The molecule has 4 rings (SSSR count). The molecule has 2 aromatic heterocycles. The highest BCUT2D eigenvalue weighted by Crippen LogP contribution is 2.27. The third-order valence-corrected chi connectivity index (χ3v) is 6.06. The number of hydrogen-bond donors (Lipinski definition) is 0. The van der Waals surface area contributed by atoms with E-state index in [1.54, 1.807) is 11.3 Å². The summed E-state index contributed by atoms with van der Waals surface area (Å²) in [6, 6.07) is 1.87. The highest BCUT2D eigenvalue weighted by Gasteiger charge is 2.31. The second-order valence-electron chi connectivity index (χ2n) is 7.27. The van der Waals surface area contributed by atoms with Gasteiger partial charge in [0.15, 0.2) is 5.82 Å². The summed E-state index contributed by atoms with van der Waals surface area (Å²) in [6.45, 7) is 2.88. The van der Waals surface area contributed by atoms with Crippen molar-refractivity contribution in [3.63, 3.8) is 0 Å². The first-order valence-corrected chi connectivity index (χ1v) is 10.5. The van der Waals surface area contributed by atoms with Gasteiger partial charge in [-0.05, 0) is 36.6 Å². The van der Waals surface area contributed by atoms with E-state index in [0.29, 0.717) is 31.3 Å². The largest absolute Gasteiger partial charge is 0.381 e. The topological polar surface area (TPSA) is 68.5 Å². The van der Waals surface area contributed by atoms with Gasteiger partial charge in [0.25, 0.3) is 5.91 Å². The van der Waals surface area contributed by atoms with Crippen LogP contribution >= 0.6 is 11.3 Å². The van der Waals surface area contributed by atoms with Crippen molar-refractivity contribution < 1.29 is 14.1 Å². The van der Waals surface area contributed by atoms with Crippen molar-refractivity contribution in [3.8, 4) is 0 Å². The van der Waals surface area contributed by atoms with Crippen LogP contribution in [-0.4, -0.2) is 47.3 Å². The van der Waals surface area contributed by atoms with Gasteiger partial charge in [0.1, 0.15) is 0 Å². The SMILES string of the molecule is O=C(c1ccsc1)N1CCC(c2nc(CCOCC3CCCC3)no2)C1. The molecule has 0 spiro atoms. The van der Waals surface area contributed by atoms with Crippen LogP contribution in [0.5, 0.6) is 0 Å². The molecule has 26 heavy (non-hydrogen) atoms. The minimum absolute atomic E-state index is 0.0915. The number of carbonyl (C=O) groups is 1. The Balaban J connectivity index is 1.23. The van der Waals surface area contributed by atoms with Gasteiger partial charge in [0.05, 0.1) is 18.1 Å². The Morgan fingerprint density at radius 2 is 2.23 bits per heavy atom. The van der Waals surface area contributed by atoms with Crippen molar-refractivity contribution in [1.29, 1.82) is 0 Å². The van der Waals surface area contributed by atoms with Gasteiger partial charge in [0.2, 0.25) is 5.89 Å². The molecule has 1 unspecified atom stereocenters. The van der Waals surface area contributed by atoms with Crippen molar-refractivity contribution in [3.05, 3.63) is 34.1 Å². The molecule has 2 fully saturated rings. The maximum absolute atomic E-state index is 12.4. The average molecular weight is 375 g/mol. The first-order valence-electron chi connectivity index (χ1n) is 9.51. The molecule has 0 bridgehead atoms. The Labute approximate surface area is 157 Å². The zero-order chi connectivity index (χ0) is 17.8. The Kier molecular flexibility index (Phi) is 5.65. The highest BCUT2D eigenvalue weighted by atomic mass is 32.1. The number of ether oxygens (including phenoxy) is 1. The number of thiophene rings is 1. The molecule has 1 atom stereocenters. The fraction of sp³-hybridized carbons (Fsp3) is 0.632. The summed E-state index contributed by atoms with van der Waals surface area (Å²) in [6.07, 6.45) is 6.84. The second-order valence-corrected chi connectivity index (χ2v) is 8.05. The van der Waals surface area contributed by atoms with E-state index in [9.17, 15) is 4.79 Å².